The van der Waals surface area contributed by atoms with Crippen LogP contribution in [0.3, 0.4) is 0 Å². The van der Waals surface area contributed by atoms with Crippen LogP contribution < -0.4 is 5.32 Å². The Bertz CT molecular complexity index is 394. The molecule has 3 heteroatoms. The lowest BCUT2D eigenvalue weighted by atomic mass is 10.1. The summed E-state index contributed by atoms with van der Waals surface area (Å²) in [5.74, 6) is 0. The fraction of sp³-hybridized carbons (Fsp3) is 0.571. The Labute approximate surface area is 108 Å². The number of rotatable bonds is 3. The average Bonchev–Trinajstić information content (AvgIpc) is 2.94. The van der Waals surface area contributed by atoms with Crippen LogP contribution in [0.25, 0.3) is 0 Å². The molecule has 2 nitrogen and oxygen atoms in total. The van der Waals surface area contributed by atoms with Gasteiger partial charge >= 0.3 is 0 Å². The summed E-state index contributed by atoms with van der Waals surface area (Å²) in [4.78, 5) is 3.99. The van der Waals surface area contributed by atoms with E-state index in [-0.39, 0.29) is 0 Å². The van der Waals surface area contributed by atoms with Gasteiger partial charge in [-0.3, -0.25) is 4.90 Å². The number of hydrogen-bond donors (Lipinski definition) is 1. The van der Waals surface area contributed by atoms with Crippen LogP contribution in [0, 0.1) is 0 Å². The van der Waals surface area contributed by atoms with Gasteiger partial charge in [-0.25, -0.2) is 0 Å². The fourth-order valence-corrected chi connectivity index (χ4v) is 3.64. The molecular weight excluding hydrogens is 228 g/mol. The molecule has 1 N–H and O–H groups in total. The third kappa shape index (κ3) is 2.31. The lowest BCUT2D eigenvalue weighted by Crippen LogP contribution is -2.33. The molecule has 17 heavy (non-hydrogen) atoms. The molecule has 2 aliphatic heterocycles. The van der Waals surface area contributed by atoms with Gasteiger partial charge in [0.05, 0.1) is 0 Å². The van der Waals surface area contributed by atoms with Gasteiger partial charge in [0.1, 0.15) is 0 Å². The zero-order valence-corrected chi connectivity index (χ0v) is 11.2. The first-order valence-corrected chi connectivity index (χ1v) is 7.74. The number of thioether (sulfide) groups is 1. The topological polar surface area (TPSA) is 15.3 Å². The predicted octanol–water partition coefficient (Wildman–Crippen LogP) is 3.06. The third-order valence-electron chi connectivity index (χ3n) is 4.03. The van der Waals surface area contributed by atoms with Crippen molar-refractivity contribution in [2.45, 2.75) is 36.2 Å². The molecule has 0 bridgehead atoms. The van der Waals surface area contributed by atoms with Crippen molar-refractivity contribution in [1.29, 1.82) is 0 Å². The second-order valence-corrected chi connectivity index (χ2v) is 5.90. The van der Waals surface area contributed by atoms with E-state index in [1.165, 1.54) is 42.9 Å². The molecule has 2 fully saturated rings. The van der Waals surface area contributed by atoms with E-state index in [1.54, 1.807) is 0 Å². The average molecular weight is 248 g/mol. The van der Waals surface area contributed by atoms with E-state index >= 15 is 0 Å². The van der Waals surface area contributed by atoms with Crippen molar-refractivity contribution in [2.75, 3.05) is 24.7 Å². The second kappa shape index (κ2) is 4.91. The first-order chi connectivity index (χ1) is 8.36. The summed E-state index contributed by atoms with van der Waals surface area (Å²) >= 11 is 1.81. The summed E-state index contributed by atoms with van der Waals surface area (Å²) in [6.07, 6.45) is 6.19. The smallest absolute Gasteiger partial charge is 0.0429 e. The highest BCUT2D eigenvalue weighted by Crippen LogP contribution is 2.30. The lowest BCUT2D eigenvalue weighted by Gasteiger charge is -2.22. The van der Waals surface area contributed by atoms with Gasteiger partial charge < -0.3 is 5.32 Å². The Morgan fingerprint density at radius 2 is 2.24 bits per heavy atom. The quantitative estimate of drug-likeness (QED) is 0.828. The first-order valence-electron chi connectivity index (χ1n) is 6.51. The van der Waals surface area contributed by atoms with Gasteiger partial charge in [-0.2, -0.15) is 0 Å². The van der Waals surface area contributed by atoms with E-state index in [1.807, 2.05) is 11.8 Å². The third-order valence-corrected chi connectivity index (χ3v) is 4.75. The van der Waals surface area contributed by atoms with Gasteiger partial charge in [0.15, 0.2) is 0 Å². The molecule has 3 rings (SSSR count). The molecule has 2 unspecified atom stereocenters. The molecular formula is C14H20N2S. The van der Waals surface area contributed by atoms with Gasteiger partial charge in [0, 0.05) is 29.2 Å². The maximum absolute atomic E-state index is 3.73. The molecule has 2 atom stereocenters. The van der Waals surface area contributed by atoms with Gasteiger partial charge in [0.2, 0.25) is 0 Å². The summed E-state index contributed by atoms with van der Waals surface area (Å²) < 4.78 is 0. The molecule has 0 amide bonds. The van der Waals surface area contributed by atoms with Gasteiger partial charge in [-0.1, -0.05) is 6.07 Å². The molecule has 0 radical (unpaired) electrons. The minimum atomic E-state index is 0.662. The minimum Gasteiger partial charge on any atom is -0.381 e. The molecule has 0 saturated carbocycles. The van der Waals surface area contributed by atoms with Crippen LogP contribution in [0.5, 0.6) is 0 Å². The van der Waals surface area contributed by atoms with Crippen molar-refractivity contribution in [2.24, 2.45) is 0 Å². The first kappa shape index (κ1) is 11.4. The van der Waals surface area contributed by atoms with Crippen LogP contribution in [-0.4, -0.2) is 36.3 Å². The summed E-state index contributed by atoms with van der Waals surface area (Å²) in [5, 5.41) is 3.73. The Morgan fingerprint density at radius 1 is 1.29 bits per heavy atom. The van der Waals surface area contributed by atoms with Gasteiger partial charge in [-0.15, -0.1) is 11.8 Å². The minimum absolute atomic E-state index is 0.662. The summed E-state index contributed by atoms with van der Waals surface area (Å²) in [5.41, 5.74) is 1.29. The van der Waals surface area contributed by atoms with Crippen LogP contribution in [-0.2, 0) is 0 Å². The van der Waals surface area contributed by atoms with Gasteiger partial charge in [-0.05, 0) is 50.3 Å². The van der Waals surface area contributed by atoms with Crippen molar-refractivity contribution in [1.82, 2.24) is 4.90 Å². The van der Waals surface area contributed by atoms with Crippen LogP contribution >= 0.6 is 11.8 Å². The zero-order valence-electron chi connectivity index (χ0n) is 10.4. The Kier molecular flexibility index (Phi) is 3.30. The summed E-state index contributed by atoms with van der Waals surface area (Å²) in [7, 11) is 0. The number of nitrogens with one attached hydrogen (secondary N) is 1. The van der Waals surface area contributed by atoms with Crippen molar-refractivity contribution in [3.05, 3.63) is 24.3 Å². The number of nitrogens with zero attached hydrogens (tertiary/aromatic N) is 1. The van der Waals surface area contributed by atoms with Crippen molar-refractivity contribution in [3.63, 3.8) is 0 Å². The molecule has 0 aliphatic carbocycles. The molecule has 0 spiro atoms. The number of fused-ring (bicyclic) bond motifs is 1. The normalized spacial score (nSPS) is 28.3. The van der Waals surface area contributed by atoms with Crippen molar-refractivity contribution >= 4 is 17.4 Å². The van der Waals surface area contributed by atoms with Gasteiger partial charge in [0.25, 0.3) is 0 Å². The predicted molar refractivity (Wildman–Crippen MR) is 74.8 cm³/mol. The number of hydrogen-bond acceptors (Lipinski definition) is 3. The van der Waals surface area contributed by atoms with E-state index in [0.717, 1.165) is 6.04 Å². The number of anilines is 1. The maximum Gasteiger partial charge on any atom is 0.0429 e. The SMILES string of the molecule is CSc1cccc(NC2CCN3CCCC23)c1. The molecule has 2 saturated heterocycles. The fourth-order valence-electron chi connectivity index (χ4n) is 3.18. The Balaban J connectivity index is 1.70. The van der Waals surface area contributed by atoms with Crippen molar-refractivity contribution < 1.29 is 0 Å². The maximum atomic E-state index is 3.73. The molecule has 2 heterocycles. The Morgan fingerprint density at radius 3 is 3.12 bits per heavy atom. The molecule has 1 aromatic rings. The van der Waals surface area contributed by atoms with E-state index in [0.29, 0.717) is 6.04 Å². The zero-order chi connectivity index (χ0) is 11.7. The van der Waals surface area contributed by atoms with Crippen molar-refractivity contribution in [3.8, 4) is 0 Å². The summed E-state index contributed by atoms with van der Waals surface area (Å²) in [6, 6.07) is 10.2. The van der Waals surface area contributed by atoms with Crippen LogP contribution in [0.1, 0.15) is 19.3 Å². The molecule has 0 aromatic heterocycles. The van der Waals surface area contributed by atoms with E-state index in [9.17, 15) is 0 Å². The molecule has 1 aromatic carbocycles. The Hall–Kier alpha value is -0.670. The monoisotopic (exact) mass is 248 g/mol. The number of benzene rings is 1. The van der Waals surface area contributed by atoms with E-state index in [4.69, 9.17) is 0 Å². The lowest BCUT2D eigenvalue weighted by molar-refractivity contribution is 0.318. The van der Waals surface area contributed by atoms with Crippen LogP contribution in [0.2, 0.25) is 0 Å². The molecule has 92 valence electrons. The molecule has 2 aliphatic rings. The van der Waals surface area contributed by atoms with E-state index in [2.05, 4.69) is 40.7 Å². The highest BCUT2D eigenvalue weighted by atomic mass is 32.2. The standard InChI is InChI=1S/C14H20N2S/c1-17-12-5-2-4-11(10-12)15-13-7-9-16-8-3-6-14(13)16/h2,4-5,10,13-15H,3,6-9H2,1H3. The second-order valence-electron chi connectivity index (χ2n) is 5.02. The largest absolute Gasteiger partial charge is 0.381 e. The summed E-state index contributed by atoms with van der Waals surface area (Å²) in [6.45, 7) is 2.60. The van der Waals surface area contributed by atoms with Crippen LogP contribution in [0.15, 0.2) is 29.2 Å². The van der Waals surface area contributed by atoms with E-state index < -0.39 is 0 Å². The highest BCUT2D eigenvalue weighted by Gasteiger charge is 2.36. The highest BCUT2D eigenvalue weighted by molar-refractivity contribution is 7.98. The van der Waals surface area contributed by atoms with Crippen LogP contribution in [0.4, 0.5) is 5.69 Å².